The van der Waals surface area contributed by atoms with Gasteiger partial charge in [-0.15, -0.1) is 12.4 Å². The second kappa shape index (κ2) is 4.63. The summed E-state index contributed by atoms with van der Waals surface area (Å²) >= 11 is 0. The van der Waals surface area contributed by atoms with Gasteiger partial charge in [0.25, 0.3) is 0 Å². The summed E-state index contributed by atoms with van der Waals surface area (Å²) < 4.78 is 5.16. The molecule has 2 rings (SSSR count). The number of piperidine rings is 1. The summed E-state index contributed by atoms with van der Waals surface area (Å²) in [7, 11) is 1.81. The zero-order chi connectivity index (χ0) is 8.44. The number of halogens is 1. The molecule has 13 heavy (non-hydrogen) atoms. The number of ether oxygens (including phenoxy) is 1. The molecule has 0 unspecified atom stereocenters. The lowest BCUT2D eigenvalue weighted by Crippen LogP contribution is -2.46. The monoisotopic (exact) mass is 205 g/mol. The number of methoxy groups -OCH3 is 1. The lowest BCUT2D eigenvalue weighted by molar-refractivity contribution is -0.0188. The first kappa shape index (κ1) is 11.3. The molecule has 0 amide bonds. The number of hydrogen-bond acceptors (Lipinski definition) is 2. The quantitative estimate of drug-likeness (QED) is 0.743. The Balaban J connectivity index is 0.000000845. The maximum atomic E-state index is 5.16. The fourth-order valence-corrected chi connectivity index (χ4v) is 2.88. The van der Waals surface area contributed by atoms with E-state index >= 15 is 0 Å². The molecule has 3 heteroatoms. The second-order valence-corrected chi connectivity index (χ2v) is 4.48. The molecular formula is C10H20ClNO. The highest BCUT2D eigenvalue weighted by atomic mass is 35.5. The van der Waals surface area contributed by atoms with Crippen molar-refractivity contribution in [1.29, 1.82) is 0 Å². The van der Waals surface area contributed by atoms with Gasteiger partial charge in [-0.3, -0.25) is 0 Å². The van der Waals surface area contributed by atoms with Crippen LogP contribution in [0, 0.1) is 11.3 Å². The van der Waals surface area contributed by atoms with Gasteiger partial charge in [0.1, 0.15) is 0 Å². The topological polar surface area (TPSA) is 21.3 Å². The van der Waals surface area contributed by atoms with Crippen LogP contribution in [0.15, 0.2) is 0 Å². The average Bonchev–Trinajstić information content (AvgIpc) is 2.04. The van der Waals surface area contributed by atoms with Gasteiger partial charge in [0.2, 0.25) is 0 Å². The van der Waals surface area contributed by atoms with E-state index in [2.05, 4.69) is 5.32 Å². The molecule has 0 aromatic heterocycles. The Morgan fingerprint density at radius 3 is 2.46 bits per heavy atom. The molecule has 0 aromatic rings. The Morgan fingerprint density at radius 2 is 1.92 bits per heavy atom. The highest BCUT2D eigenvalue weighted by Crippen LogP contribution is 2.51. The van der Waals surface area contributed by atoms with E-state index in [0.717, 1.165) is 17.9 Å². The van der Waals surface area contributed by atoms with E-state index in [9.17, 15) is 0 Å². The Kier molecular flexibility index (Phi) is 4.02. The summed E-state index contributed by atoms with van der Waals surface area (Å²) in [6.07, 6.45) is 5.63. The summed E-state index contributed by atoms with van der Waals surface area (Å²) in [6, 6.07) is 0. The van der Waals surface area contributed by atoms with Gasteiger partial charge in [0.15, 0.2) is 0 Å². The highest BCUT2D eigenvalue weighted by Gasteiger charge is 2.43. The van der Waals surface area contributed by atoms with Crippen LogP contribution in [0.1, 0.15) is 25.7 Å². The molecule has 2 nitrogen and oxygen atoms in total. The normalized spacial score (nSPS) is 26.5. The fourth-order valence-electron chi connectivity index (χ4n) is 2.88. The maximum Gasteiger partial charge on any atom is 0.0490 e. The Morgan fingerprint density at radius 1 is 1.31 bits per heavy atom. The van der Waals surface area contributed by atoms with Crippen LogP contribution in [0.4, 0.5) is 0 Å². The van der Waals surface area contributed by atoms with Crippen LogP contribution >= 0.6 is 12.4 Å². The number of nitrogens with one attached hydrogen (secondary N) is 1. The molecule has 0 atom stereocenters. The van der Waals surface area contributed by atoms with Crippen LogP contribution in [0.2, 0.25) is 0 Å². The van der Waals surface area contributed by atoms with Gasteiger partial charge in [0.05, 0.1) is 0 Å². The largest absolute Gasteiger partial charge is 0.384 e. The van der Waals surface area contributed by atoms with Gasteiger partial charge in [-0.1, -0.05) is 0 Å². The van der Waals surface area contributed by atoms with E-state index < -0.39 is 0 Å². The number of rotatable bonds is 2. The van der Waals surface area contributed by atoms with Crippen LogP contribution in [0.5, 0.6) is 0 Å². The van der Waals surface area contributed by atoms with Crippen LogP contribution in [-0.2, 0) is 4.74 Å². The molecule has 1 aliphatic carbocycles. The summed E-state index contributed by atoms with van der Waals surface area (Å²) in [5, 5.41) is 3.42. The molecule has 1 spiro atoms. The Hall–Kier alpha value is 0.210. The molecule has 2 fully saturated rings. The van der Waals surface area contributed by atoms with E-state index in [1.54, 1.807) is 0 Å². The minimum Gasteiger partial charge on any atom is -0.384 e. The SMILES string of the molecule is COCC1CC2(CCNCC2)C1.Cl. The van der Waals surface area contributed by atoms with Gasteiger partial charge < -0.3 is 10.1 Å². The summed E-state index contributed by atoms with van der Waals surface area (Å²) in [4.78, 5) is 0. The standard InChI is InChI=1S/C10H19NO.ClH/c1-12-8-9-6-10(7-9)2-4-11-5-3-10;/h9,11H,2-8H2,1H3;1H. The molecule has 2 aliphatic rings. The van der Waals surface area contributed by atoms with Crippen molar-refractivity contribution in [1.82, 2.24) is 5.32 Å². The van der Waals surface area contributed by atoms with Gasteiger partial charge >= 0.3 is 0 Å². The van der Waals surface area contributed by atoms with Crippen molar-refractivity contribution in [3.8, 4) is 0 Å². The molecule has 1 saturated carbocycles. The Bertz CT molecular complexity index is 149. The predicted molar refractivity (Wildman–Crippen MR) is 56.4 cm³/mol. The van der Waals surface area contributed by atoms with Crippen LogP contribution in [-0.4, -0.2) is 26.8 Å². The van der Waals surface area contributed by atoms with Gasteiger partial charge in [-0.05, 0) is 50.1 Å². The summed E-state index contributed by atoms with van der Waals surface area (Å²) in [6.45, 7) is 3.45. The van der Waals surface area contributed by atoms with Crippen LogP contribution in [0.25, 0.3) is 0 Å². The molecule has 1 aliphatic heterocycles. The summed E-state index contributed by atoms with van der Waals surface area (Å²) in [5.74, 6) is 0.869. The molecule has 1 saturated heterocycles. The van der Waals surface area contributed by atoms with Crippen LogP contribution < -0.4 is 5.32 Å². The van der Waals surface area contributed by atoms with Crippen molar-refractivity contribution >= 4 is 12.4 Å². The first-order valence-electron chi connectivity index (χ1n) is 5.04. The van der Waals surface area contributed by atoms with Crippen molar-refractivity contribution in [2.75, 3.05) is 26.8 Å². The van der Waals surface area contributed by atoms with Crippen LogP contribution in [0.3, 0.4) is 0 Å². The molecule has 0 radical (unpaired) electrons. The Labute approximate surface area is 86.8 Å². The lowest BCUT2D eigenvalue weighted by atomic mass is 9.58. The van der Waals surface area contributed by atoms with Gasteiger partial charge in [-0.25, -0.2) is 0 Å². The number of hydrogen-bond donors (Lipinski definition) is 1. The predicted octanol–water partition coefficient (Wildman–Crippen LogP) is 1.83. The van der Waals surface area contributed by atoms with E-state index in [0.29, 0.717) is 0 Å². The smallest absolute Gasteiger partial charge is 0.0490 e. The van der Waals surface area contributed by atoms with E-state index in [1.807, 2.05) is 7.11 Å². The van der Waals surface area contributed by atoms with E-state index in [4.69, 9.17) is 4.74 Å². The van der Waals surface area contributed by atoms with Crippen molar-refractivity contribution in [3.63, 3.8) is 0 Å². The third kappa shape index (κ3) is 2.36. The van der Waals surface area contributed by atoms with Gasteiger partial charge in [0, 0.05) is 13.7 Å². The minimum absolute atomic E-state index is 0. The van der Waals surface area contributed by atoms with E-state index in [-0.39, 0.29) is 12.4 Å². The zero-order valence-corrected chi connectivity index (χ0v) is 9.16. The highest BCUT2D eigenvalue weighted by molar-refractivity contribution is 5.85. The molecule has 1 heterocycles. The summed E-state index contributed by atoms with van der Waals surface area (Å²) in [5.41, 5.74) is 0.731. The third-order valence-electron chi connectivity index (χ3n) is 3.51. The van der Waals surface area contributed by atoms with Crippen molar-refractivity contribution in [2.24, 2.45) is 11.3 Å². The first-order chi connectivity index (χ1) is 5.85. The molecule has 0 aromatic carbocycles. The third-order valence-corrected chi connectivity index (χ3v) is 3.51. The lowest BCUT2D eigenvalue weighted by Gasteiger charge is -2.50. The van der Waals surface area contributed by atoms with Crippen molar-refractivity contribution in [2.45, 2.75) is 25.7 Å². The second-order valence-electron chi connectivity index (χ2n) is 4.48. The van der Waals surface area contributed by atoms with Crippen molar-refractivity contribution in [3.05, 3.63) is 0 Å². The molecular weight excluding hydrogens is 186 g/mol. The maximum absolute atomic E-state index is 5.16. The van der Waals surface area contributed by atoms with Crippen molar-refractivity contribution < 1.29 is 4.74 Å². The molecule has 0 bridgehead atoms. The first-order valence-corrected chi connectivity index (χ1v) is 5.04. The van der Waals surface area contributed by atoms with Gasteiger partial charge in [-0.2, -0.15) is 0 Å². The molecule has 78 valence electrons. The molecule has 1 N–H and O–H groups in total. The minimum atomic E-state index is 0. The zero-order valence-electron chi connectivity index (χ0n) is 8.34. The average molecular weight is 206 g/mol. The van der Waals surface area contributed by atoms with E-state index in [1.165, 1.54) is 38.8 Å². The fraction of sp³-hybridized carbons (Fsp3) is 1.00.